The van der Waals surface area contributed by atoms with Crippen LogP contribution >= 0.6 is 0 Å². The molecule has 0 radical (unpaired) electrons. The molecule has 3 heterocycles. The Labute approximate surface area is 178 Å². The Hall–Kier alpha value is -3.93. The largest absolute Gasteiger partial charge is 0.454 e. The number of hydrogen-bond acceptors (Lipinski definition) is 5. The highest BCUT2D eigenvalue weighted by Crippen LogP contribution is 2.51. The van der Waals surface area contributed by atoms with E-state index in [1.165, 1.54) is 0 Å². The summed E-state index contributed by atoms with van der Waals surface area (Å²) >= 11 is 0. The van der Waals surface area contributed by atoms with Crippen molar-refractivity contribution >= 4 is 22.6 Å². The monoisotopic (exact) mass is 409 g/mol. The molecule has 0 unspecified atom stereocenters. The first kappa shape index (κ1) is 17.9. The second-order valence-corrected chi connectivity index (χ2v) is 7.92. The van der Waals surface area contributed by atoms with Gasteiger partial charge in [0.25, 0.3) is 0 Å². The first-order valence-electron chi connectivity index (χ1n) is 10.2. The van der Waals surface area contributed by atoms with Gasteiger partial charge >= 0.3 is 0 Å². The van der Waals surface area contributed by atoms with Gasteiger partial charge in [-0.2, -0.15) is 0 Å². The molecule has 1 amide bonds. The average molecular weight is 409 g/mol. The quantitative estimate of drug-likeness (QED) is 0.529. The van der Waals surface area contributed by atoms with Crippen LogP contribution in [0.5, 0.6) is 11.5 Å². The first-order chi connectivity index (χ1) is 15.2. The van der Waals surface area contributed by atoms with Gasteiger partial charge in [-0.05, 0) is 48.7 Å². The van der Waals surface area contributed by atoms with Gasteiger partial charge in [0, 0.05) is 28.9 Å². The minimum absolute atomic E-state index is 0.0431. The maximum atomic E-state index is 13.1. The van der Waals surface area contributed by atoms with Crippen molar-refractivity contribution in [2.45, 2.75) is 18.3 Å². The average Bonchev–Trinajstić information content (AvgIpc) is 3.50. The van der Waals surface area contributed by atoms with E-state index < -0.39 is 5.41 Å². The molecule has 0 bridgehead atoms. The van der Waals surface area contributed by atoms with Gasteiger partial charge in [-0.25, -0.2) is 4.98 Å². The molecule has 0 spiro atoms. The third-order valence-corrected chi connectivity index (χ3v) is 6.06. The smallest absolute Gasteiger partial charge is 0.236 e. The lowest BCUT2D eigenvalue weighted by Crippen LogP contribution is -2.28. The van der Waals surface area contributed by atoms with Crippen LogP contribution in [0.25, 0.3) is 22.0 Å². The summed E-state index contributed by atoms with van der Waals surface area (Å²) < 4.78 is 10.9. The maximum Gasteiger partial charge on any atom is 0.236 e. The maximum absolute atomic E-state index is 13.1. The molecular weight excluding hydrogens is 390 g/mol. The van der Waals surface area contributed by atoms with Crippen LogP contribution in [-0.2, 0) is 10.2 Å². The van der Waals surface area contributed by atoms with Crippen molar-refractivity contribution in [2.75, 3.05) is 12.1 Å². The van der Waals surface area contributed by atoms with Crippen LogP contribution in [0.2, 0.25) is 0 Å². The second-order valence-electron chi connectivity index (χ2n) is 7.92. The Morgan fingerprint density at radius 2 is 1.81 bits per heavy atom. The SMILES string of the molecule is O=C(Nc1ccc(-c2cccc3cccnc23)cn1)C1(c2ccc3c(c2)OCO3)CC1. The van der Waals surface area contributed by atoms with Crippen molar-refractivity contribution in [2.24, 2.45) is 0 Å². The number of carbonyl (C=O) groups excluding carboxylic acids is 1. The number of carbonyl (C=O) groups is 1. The van der Waals surface area contributed by atoms with Crippen LogP contribution in [0.15, 0.2) is 73.1 Å². The zero-order valence-corrected chi connectivity index (χ0v) is 16.7. The summed E-state index contributed by atoms with van der Waals surface area (Å²) in [4.78, 5) is 22.1. The number of rotatable bonds is 4. The van der Waals surface area contributed by atoms with Crippen LogP contribution in [0.3, 0.4) is 0 Å². The first-order valence-corrected chi connectivity index (χ1v) is 10.2. The van der Waals surface area contributed by atoms with Crippen molar-refractivity contribution in [1.29, 1.82) is 0 Å². The van der Waals surface area contributed by atoms with E-state index in [-0.39, 0.29) is 12.7 Å². The topological polar surface area (TPSA) is 73.3 Å². The highest BCUT2D eigenvalue weighted by atomic mass is 16.7. The van der Waals surface area contributed by atoms with Crippen molar-refractivity contribution in [3.05, 3.63) is 78.6 Å². The minimum Gasteiger partial charge on any atom is -0.454 e. The molecule has 6 rings (SSSR count). The number of ether oxygens (including phenoxy) is 2. The Bertz CT molecular complexity index is 1310. The van der Waals surface area contributed by atoms with Crippen molar-refractivity contribution in [3.63, 3.8) is 0 Å². The number of hydrogen-bond donors (Lipinski definition) is 1. The van der Waals surface area contributed by atoms with Crippen LogP contribution in [0, 0.1) is 0 Å². The van der Waals surface area contributed by atoms with E-state index in [2.05, 4.69) is 15.3 Å². The van der Waals surface area contributed by atoms with Crippen molar-refractivity contribution in [1.82, 2.24) is 9.97 Å². The number of amides is 1. The highest BCUT2D eigenvalue weighted by Gasteiger charge is 2.51. The van der Waals surface area contributed by atoms with Gasteiger partial charge < -0.3 is 14.8 Å². The number of benzene rings is 2. The summed E-state index contributed by atoms with van der Waals surface area (Å²) in [5.41, 5.74) is 3.33. The molecule has 1 fully saturated rings. The third kappa shape index (κ3) is 2.99. The fourth-order valence-corrected chi connectivity index (χ4v) is 4.17. The molecule has 4 aromatic rings. The fraction of sp³-hybridized carbons (Fsp3) is 0.160. The number of nitrogens with zero attached hydrogens (tertiary/aromatic N) is 2. The summed E-state index contributed by atoms with van der Waals surface area (Å²) in [7, 11) is 0. The van der Waals surface area contributed by atoms with Crippen LogP contribution in [-0.4, -0.2) is 22.7 Å². The van der Waals surface area contributed by atoms with Gasteiger partial charge in [-0.3, -0.25) is 9.78 Å². The molecule has 6 heteroatoms. The lowest BCUT2D eigenvalue weighted by Gasteiger charge is -2.16. The number of aromatic nitrogens is 2. The van der Waals surface area contributed by atoms with Gasteiger partial charge in [0.2, 0.25) is 12.7 Å². The molecule has 0 saturated heterocycles. The molecule has 2 aliphatic rings. The zero-order valence-electron chi connectivity index (χ0n) is 16.7. The molecule has 1 aliphatic heterocycles. The summed E-state index contributed by atoms with van der Waals surface area (Å²) in [6, 6.07) is 19.6. The molecule has 152 valence electrons. The van der Waals surface area contributed by atoms with Gasteiger partial charge in [-0.1, -0.05) is 30.3 Å². The van der Waals surface area contributed by atoms with E-state index in [9.17, 15) is 4.79 Å². The van der Waals surface area contributed by atoms with E-state index in [4.69, 9.17) is 9.47 Å². The number of para-hydroxylation sites is 1. The predicted octanol–water partition coefficient (Wildman–Crippen LogP) is 4.70. The lowest BCUT2D eigenvalue weighted by molar-refractivity contribution is -0.118. The molecule has 2 aromatic carbocycles. The molecule has 1 saturated carbocycles. The molecule has 1 aliphatic carbocycles. The number of nitrogens with one attached hydrogen (secondary N) is 1. The molecule has 31 heavy (non-hydrogen) atoms. The van der Waals surface area contributed by atoms with Crippen molar-refractivity contribution in [3.8, 4) is 22.6 Å². The van der Waals surface area contributed by atoms with E-state index in [1.807, 2.05) is 60.7 Å². The lowest BCUT2D eigenvalue weighted by atomic mass is 9.94. The Kier molecular flexibility index (Phi) is 3.93. The van der Waals surface area contributed by atoms with Crippen LogP contribution in [0.1, 0.15) is 18.4 Å². The Morgan fingerprint density at radius 1 is 0.935 bits per heavy atom. The van der Waals surface area contributed by atoms with E-state index in [1.54, 1.807) is 12.4 Å². The van der Waals surface area contributed by atoms with E-state index in [0.29, 0.717) is 11.6 Å². The van der Waals surface area contributed by atoms with Gasteiger partial charge in [0.05, 0.1) is 10.9 Å². The Balaban J connectivity index is 1.24. The highest BCUT2D eigenvalue weighted by molar-refractivity contribution is 6.01. The Morgan fingerprint density at radius 3 is 2.65 bits per heavy atom. The minimum atomic E-state index is -0.527. The number of pyridine rings is 2. The van der Waals surface area contributed by atoms with E-state index >= 15 is 0 Å². The normalized spacial score (nSPS) is 15.6. The predicted molar refractivity (Wildman–Crippen MR) is 117 cm³/mol. The second kappa shape index (κ2) is 6.80. The summed E-state index contributed by atoms with van der Waals surface area (Å²) in [5.74, 6) is 1.91. The van der Waals surface area contributed by atoms with Crippen LogP contribution in [0.4, 0.5) is 5.82 Å². The summed E-state index contributed by atoms with van der Waals surface area (Å²) in [6.07, 6.45) is 5.18. The molecule has 0 atom stereocenters. The van der Waals surface area contributed by atoms with Crippen LogP contribution < -0.4 is 14.8 Å². The molecular formula is C25H19N3O3. The standard InChI is InChI=1S/C25H19N3O3/c29-24(25(10-11-25)18-7-8-20-21(13-18)31-15-30-20)28-22-9-6-17(14-27-22)19-5-1-3-16-4-2-12-26-23(16)19/h1-9,12-14H,10-11,15H2,(H,27,28,29). The third-order valence-electron chi connectivity index (χ3n) is 6.06. The van der Waals surface area contributed by atoms with Gasteiger partial charge in [-0.15, -0.1) is 0 Å². The molecule has 2 aromatic heterocycles. The zero-order chi connectivity index (χ0) is 20.8. The number of fused-ring (bicyclic) bond motifs is 2. The summed E-state index contributed by atoms with van der Waals surface area (Å²) in [5, 5.41) is 4.07. The summed E-state index contributed by atoms with van der Waals surface area (Å²) in [6.45, 7) is 0.223. The van der Waals surface area contributed by atoms with Gasteiger partial charge in [0.15, 0.2) is 11.5 Å². The molecule has 6 nitrogen and oxygen atoms in total. The number of anilines is 1. The van der Waals surface area contributed by atoms with Crippen molar-refractivity contribution < 1.29 is 14.3 Å². The molecule has 1 N–H and O–H groups in total. The van der Waals surface area contributed by atoms with E-state index in [0.717, 1.165) is 46.2 Å². The fourth-order valence-electron chi connectivity index (χ4n) is 4.17. The van der Waals surface area contributed by atoms with Gasteiger partial charge in [0.1, 0.15) is 5.82 Å².